The Morgan fingerprint density at radius 1 is 0.771 bits per heavy atom. The number of aliphatic hydroxyl groups is 1. The Hall–Kier alpha value is -3.31. The van der Waals surface area contributed by atoms with Crippen molar-refractivity contribution in [2.75, 3.05) is 25.4 Å². The zero-order chi connectivity index (χ0) is 27.0. The van der Waals surface area contributed by atoms with Gasteiger partial charge in [-0.15, -0.1) is 0 Å². The summed E-state index contributed by atoms with van der Waals surface area (Å²) in [5, 5.41) is 25.7. The van der Waals surface area contributed by atoms with Gasteiger partial charge in [0.25, 0.3) is 0 Å². The number of nitrogens with two attached hydrogens (primary N) is 5. The fourth-order valence-corrected chi connectivity index (χ4v) is 2.88. The van der Waals surface area contributed by atoms with Crippen molar-refractivity contribution < 1.29 is 29.4 Å². The maximum Gasteiger partial charge on any atom is 0.326 e. The fourth-order valence-electron chi connectivity index (χ4n) is 2.62. The Labute approximate surface area is 207 Å². The summed E-state index contributed by atoms with van der Waals surface area (Å²) in [6.07, 6.45) is 0.921. The standard InChI is InChI=1S/C18H36N10O6S/c19-9(3-1-5-24-17(20)21)13(30)28-12(8-35)15(32)27-11(7-29)14(31)26-10(16(33)34)4-2-6-25-18(22)23/h9-12,29,35H,1-8,19H2,(H,26,31)(H,27,32)(H,28,30)(H,33,34)(H4,20,21,24)(H4,22,23,25)/t9-,10-,11-,12-/m0/s1. The van der Waals surface area contributed by atoms with Gasteiger partial charge in [0.05, 0.1) is 12.6 Å². The minimum absolute atomic E-state index is 0.000341. The first-order chi connectivity index (χ1) is 16.4. The smallest absolute Gasteiger partial charge is 0.326 e. The molecule has 0 bridgehead atoms. The van der Waals surface area contributed by atoms with E-state index in [-0.39, 0.29) is 50.0 Å². The summed E-state index contributed by atoms with van der Waals surface area (Å²) in [7, 11) is 0. The summed E-state index contributed by atoms with van der Waals surface area (Å²) in [5.41, 5.74) is 26.6. The van der Waals surface area contributed by atoms with E-state index in [1.54, 1.807) is 0 Å². The molecule has 0 saturated carbocycles. The van der Waals surface area contributed by atoms with Crippen LogP contribution in [0.4, 0.5) is 0 Å². The van der Waals surface area contributed by atoms with E-state index in [0.29, 0.717) is 6.42 Å². The van der Waals surface area contributed by atoms with Gasteiger partial charge in [-0.25, -0.2) is 4.79 Å². The number of carbonyl (C=O) groups excluding carboxylic acids is 3. The van der Waals surface area contributed by atoms with Gasteiger partial charge in [0, 0.05) is 18.8 Å². The second kappa shape index (κ2) is 17.2. The number of amides is 3. The van der Waals surface area contributed by atoms with E-state index in [0.717, 1.165) is 0 Å². The second-order valence-corrected chi connectivity index (χ2v) is 7.76. The highest BCUT2D eigenvalue weighted by molar-refractivity contribution is 7.80. The SMILES string of the molecule is NC(N)=NCCC[C@H](NC(=O)[C@H](CO)NC(=O)[C@H](CS)NC(=O)[C@@H](N)CCCN=C(N)N)C(=O)O. The quantitative estimate of drug-likeness (QED) is 0.0373. The van der Waals surface area contributed by atoms with Gasteiger partial charge in [-0.1, -0.05) is 0 Å². The van der Waals surface area contributed by atoms with E-state index in [1.807, 2.05) is 0 Å². The number of aliphatic hydroxyl groups excluding tert-OH is 1. The number of thiol groups is 1. The third kappa shape index (κ3) is 13.9. The molecule has 0 aliphatic rings. The van der Waals surface area contributed by atoms with Crippen molar-refractivity contribution in [2.24, 2.45) is 38.7 Å². The molecule has 0 saturated heterocycles. The number of carbonyl (C=O) groups is 4. The van der Waals surface area contributed by atoms with Crippen LogP contribution < -0.4 is 44.6 Å². The minimum Gasteiger partial charge on any atom is -0.480 e. The molecule has 0 aromatic heterocycles. The molecule has 0 spiro atoms. The van der Waals surface area contributed by atoms with Crippen LogP contribution in [0.2, 0.25) is 0 Å². The van der Waals surface area contributed by atoms with Gasteiger partial charge in [0.2, 0.25) is 17.7 Å². The molecule has 16 nitrogen and oxygen atoms in total. The van der Waals surface area contributed by atoms with Gasteiger partial charge < -0.3 is 54.8 Å². The summed E-state index contributed by atoms with van der Waals surface area (Å²) in [6, 6.07) is -4.91. The number of nitrogens with zero attached hydrogens (tertiary/aromatic N) is 2. The van der Waals surface area contributed by atoms with E-state index in [4.69, 9.17) is 28.7 Å². The number of hydrogen-bond acceptors (Lipinski definition) is 9. The zero-order valence-corrected chi connectivity index (χ0v) is 20.1. The number of rotatable bonds is 17. The summed E-state index contributed by atoms with van der Waals surface area (Å²) in [6.45, 7) is -0.393. The first kappa shape index (κ1) is 31.7. The molecule has 0 aromatic rings. The van der Waals surface area contributed by atoms with Crippen molar-refractivity contribution in [3.8, 4) is 0 Å². The number of nitrogens with one attached hydrogen (secondary N) is 3. The first-order valence-electron chi connectivity index (χ1n) is 10.6. The Balaban J connectivity index is 4.89. The van der Waals surface area contributed by atoms with Gasteiger partial charge in [0.15, 0.2) is 11.9 Å². The summed E-state index contributed by atoms with van der Waals surface area (Å²) in [4.78, 5) is 56.1. The summed E-state index contributed by atoms with van der Waals surface area (Å²) >= 11 is 4.02. The van der Waals surface area contributed by atoms with Gasteiger partial charge in [0.1, 0.15) is 18.1 Å². The molecule has 200 valence electrons. The van der Waals surface area contributed by atoms with Crippen LogP contribution in [0.25, 0.3) is 0 Å². The predicted octanol–water partition coefficient (Wildman–Crippen LogP) is -5.12. The number of aliphatic imine (C=N–C) groups is 2. The molecule has 0 aromatic carbocycles. The highest BCUT2D eigenvalue weighted by Crippen LogP contribution is 2.01. The molecule has 0 aliphatic carbocycles. The van der Waals surface area contributed by atoms with Crippen LogP contribution in [0.5, 0.6) is 0 Å². The van der Waals surface area contributed by atoms with E-state index in [1.165, 1.54) is 0 Å². The molecular formula is C18H36N10O6S. The highest BCUT2D eigenvalue weighted by Gasteiger charge is 2.29. The van der Waals surface area contributed by atoms with Crippen LogP contribution >= 0.6 is 12.6 Å². The Morgan fingerprint density at radius 3 is 1.69 bits per heavy atom. The van der Waals surface area contributed by atoms with E-state index >= 15 is 0 Å². The number of guanidine groups is 2. The summed E-state index contributed by atoms with van der Waals surface area (Å²) in [5.74, 6) is -4.09. The fraction of sp³-hybridized carbons (Fsp3) is 0.667. The Kier molecular flexibility index (Phi) is 15.5. The molecule has 0 unspecified atom stereocenters. The van der Waals surface area contributed by atoms with Crippen LogP contribution in [-0.4, -0.2) is 95.4 Å². The molecule has 0 heterocycles. The molecule has 17 heteroatoms. The van der Waals surface area contributed by atoms with Crippen molar-refractivity contribution in [3.63, 3.8) is 0 Å². The third-order valence-corrected chi connectivity index (χ3v) is 4.86. The molecular weight excluding hydrogens is 484 g/mol. The van der Waals surface area contributed by atoms with Crippen molar-refractivity contribution in [1.29, 1.82) is 0 Å². The van der Waals surface area contributed by atoms with E-state index in [2.05, 4.69) is 38.6 Å². The molecule has 4 atom stereocenters. The maximum absolute atomic E-state index is 12.5. The number of carboxylic acid groups (broad SMARTS) is 1. The minimum atomic E-state index is -1.48. The lowest BCUT2D eigenvalue weighted by atomic mass is 10.1. The van der Waals surface area contributed by atoms with Crippen LogP contribution in [-0.2, 0) is 19.2 Å². The van der Waals surface area contributed by atoms with Gasteiger partial charge in [-0.3, -0.25) is 24.4 Å². The summed E-state index contributed by atoms with van der Waals surface area (Å²) < 4.78 is 0. The molecule has 0 fully saturated rings. The third-order valence-electron chi connectivity index (χ3n) is 4.50. The van der Waals surface area contributed by atoms with Gasteiger partial charge >= 0.3 is 5.97 Å². The second-order valence-electron chi connectivity index (χ2n) is 7.39. The molecule has 0 rings (SSSR count). The average Bonchev–Trinajstić information content (AvgIpc) is 2.79. The zero-order valence-electron chi connectivity index (χ0n) is 19.2. The van der Waals surface area contributed by atoms with E-state index in [9.17, 15) is 29.4 Å². The number of aliphatic carboxylic acids is 1. The van der Waals surface area contributed by atoms with Crippen molar-refractivity contribution in [1.82, 2.24) is 16.0 Å². The molecule has 35 heavy (non-hydrogen) atoms. The normalized spacial score (nSPS) is 13.9. The lowest BCUT2D eigenvalue weighted by Gasteiger charge is -2.23. The molecule has 0 radical (unpaired) electrons. The predicted molar refractivity (Wildman–Crippen MR) is 132 cm³/mol. The number of hydrogen-bond donors (Lipinski definition) is 11. The average molecular weight is 521 g/mol. The van der Waals surface area contributed by atoms with Gasteiger partial charge in [-0.2, -0.15) is 12.6 Å². The lowest BCUT2D eigenvalue weighted by molar-refractivity contribution is -0.142. The van der Waals surface area contributed by atoms with Crippen LogP contribution in [0, 0.1) is 0 Å². The Morgan fingerprint density at radius 2 is 1.23 bits per heavy atom. The maximum atomic E-state index is 12.5. The number of carboxylic acids is 1. The largest absolute Gasteiger partial charge is 0.480 e. The monoisotopic (exact) mass is 520 g/mol. The lowest BCUT2D eigenvalue weighted by Crippen LogP contribution is -2.58. The molecule has 3 amide bonds. The van der Waals surface area contributed by atoms with E-state index < -0.39 is 54.5 Å². The molecule has 15 N–H and O–H groups in total. The van der Waals surface area contributed by atoms with Crippen molar-refractivity contribution in [3.05, 3.63) is 0 Å². The van der Waals surface area contributed by atoms with Crippen LogP contribution in [0.1, 0.15) is 25.7 Å². The van der Waals surface area contributed by atoms with Crippen molar-refractivity contribution in [2.45, 2.75) is 49.9 Å². The topological polar surface area (TPSA) is 300 Å². The van der Waals surface area contributed by atoms with Crippen molar-refractivity contribution >= 4 is 48.2 Å². The van der Waals surface area contributed by atoms with Crippen LogP contribution in [0.3, 0.4) is 0 Å². The first-order valence-corrected chi connectivity index (χ1v) is 11.3. The van der Waals surface area contributed by atoms with Crippen LogP contribution in [0.15, 0.2) is 9.98 Å². The highest BCUT2D eigenvalue weighted by atomic mass is 32.1. The van der Waals surface area contributed by atoms with Gasteiger partial charge in [-0.05, 0) is 25.7 Å². The Bertz CT molecular complexity index is 773. The molecule has 0 aliphatic heterocycles.